The van der Waals surface area contributed by atoms with Gasteiger partial charge in [0.2, 0.25) is 0 Å². The second kappa shape index (κ2) is 7.11. The van der Waals surface area contributed by atoms with E-state index in [9.17, 15) is 0 Å². The summed E-state index contributed by atoms with van der Waals surface area (Å²) in [6, 6.07) is 18.2. The Labute approximate surface area is 136 Å². The average Bonchev–Trinajstić information content (AvgIpc) is 3.06. The quantitative estimate of drug-likeness (QED) is 0.755. The zero-order valence-corrected chi connectivity index (χ0v) is 13.5. The van der Waals surface area contributed by atoms with Gasteiger partial charge in [0, 0.05) is 17.7 Å². The van der Waals surface area contributed by atoms with E-state index >= 15 is 0 Å². The van der Waals surface area contributed by atoms with Crippen molar-refractivity contribution in [1.29, 1.82) is 0 Å². The minimum atomic E-state index is 0.656. The van der Waals surface area contributed by atoms with Gasteiger partial charge in [0.25, 0.3) is 0 Å². The van der Waals surface area contributed by atoms with Crippen molar-refractivity contribution in [3.05, 3.63) is 60.8 Å². The van der Waals surface area contributed by atoms with Gasteiger partial charge in [-0.1, -0.05) is 42.5 Å². The molecule has 2 aromatic carbocycles. The smallest absolute Gasteiger partial charge is 0.137 e. The van der Waals surface area contributed by atoms with E-state index in [-0.39, 0.29) is 0 Å². The maximum absolute atomic E-state index is 5.93. The molecule has 0 amide bonds. The maximum atomic E-state index is 5.93. The van der Waals surface area contributed by atoms with Crippen LogP contribution >= 0.6 is 0 Å². The van der Waals surface area contributed by atoms with E-state index in [1.54, 1.807) is 0 Å². The van der Waals surface area contributed by atoms with Gasteiger partial charge < -0.3 is 14.6 Å². The van der Waals surface area contributed by atoms with E-state index in [0.717, 1.165) is 34.9 Å². The summed E-state index contributed by atoms with van der Waals surface area (Å²) in [6.07, 6.45) is 1.86. The SMILES string of the molecule is CN(C)CCOc1ccccc1-c1cnc(-c2ccccc2)[nH]1. The minimum absolute atomic E-state index is 0.656. The Balaban J connectivity index is 1.83. The van der Waals surface area contributed by atoms with Crippen LogP contribution in [0.1, 0.15) is 0 Å². The highest BCUT2D eigenvalue weighted by atomic mass is 16.5. The molecule has 23 heavy (non-hydrogen) atoms. The van der Waals surface area contributed by atoms with E-state index in [1.807, 2.05) is 74.9 Å². The molecule has 4 heteroatoms. The molecule has 4 nitrogen and oxygen atoms in total. The van der Waals surface area contributed by atoms with Gasteiger partial charge in [-0.25, -0.2) is 4.98 Å². The molecule has 0 saturated carbocycles. The van der Waals surface area contributed by atoms with Crippen molar-refractivity contribution >= 4 is 0 Å². The lowest BCUT2D eigenvalue weighted by atomic mass is 10.1. The van der Waals surface area contributed by atoms with Gasteiger partial charge in [0.1, 0.15) is 18.2 Å². The summed E-state index contributed by atoms with van der Waals surface area (Å²) in [7, 11) is 4.08. The fraction of sp³-hybridized carbons (Fsp3) is 0.211. The van der Waals surface area contributed by atoms with Crippen LogP contribution in [0.5, 0.6) is 5.75 Å². The number of H-pyrrole nitrogens is 1. The number of ether oxygens (including phenoxy) is 1. The summed E-state index contributed by atoms with van der Waals surface area (Å²) >= 11 is 0. The lowest BCUT2D eigenvalue weighted by Gasteiger charge is -2.13. The normalized spacial score (nSPS) is 10.9. The van der Waals surface area contributed by atoms with Crippen molar-refractivity contribution in [3.8, 4) is 28.4 Å². The van der Waals surface area contributed by atoms with Gasteiger partial charge in [0.05, 0.1) is 11.9 Å². The van der Waals surface area contributed by atoms with Gasteiger partial charge in [0.15, 0.2) is 0 Å². The monoisotopic (exact) mass is 307 g/mol. The number of aromatic amines is 1. The Hall–Kier alpha value is -2.59. The molecule has 118 valence electrons. The summed E-state index contributed by atoms with van der Waals surface area (Å²) in [6.45, 7) is 1.54. The molecule has 1 heterocycles. The number of hydrogen-bond acceptors (Lipinski definition) is 3. The fourth-order valence-corrected chi connectivity index (χ4v) is 2.35. The standard InChI is InChI=1S/C19H21N3O/c1-22(2)12-13-23-18-11-7-6-10-16(18)17-14-20-19(21-17)15-8-4-3-5-9-15/h3-11,14H,12-13H2,1-2H3,(H,20,21). The predicted octanol–water partition coefficient (Wildman–Crippen LogP) is 3.68. The number of hydrogen-bond donors (Lipinski definition) is 1. The lowest BCUT2D eigenvalue weighted by Crippen LogP contribution is -2.19. The molecule has 0 aliphatic rings. The highest BCUT2D eigenvalue weighted by Crippen LogP contribution is 2.30. The van der Waals surface area contributed by atoms with Gasteiger partial charge in [-0.15, -0.1) is 0 Å². The molecule has 0 aliphatic heterocycles. The van der Waals surface area contributed by atoms with Crippen LogP contribution in [0.4, 0.5) is 0 Å². The third-order valence-electron chi connectivity index (χ3n) is 3.60. The molecule has 1 aromatic heterocycles. The van der Waals surface area contributed by atoms with Crippen LogP contribution in [0.2, 0.25) is 0 Å². The average molecular weight is 307 g/mol. The molecule has 3 aromatic rings. The van der Waals surface area contributed by atoms with Crippen molar-refractivity contribution in [1.82, 2.24) is 14.9 Å². The number of benzene rings is 2. The number of nitrogens with zero attached hydrogens (tertiary/aromatic N) is 2. The molecule has 0 fully saturated rings. The maximum Gasteiger partial charge on any atom is 0.137 e. The lowest BCUT2D eigenvalue weighted by molar-refractivity contribution is 0.262. The number of likely N-dealkylation sites (N-methyl/N-ethyl adjacent to an activating group) is 1. The van der Waals surface area contributed by atoms with Gasteiger partial charge in [-0.2, -0.15) is 0 Å². The summed E-state index contributed by atoms with van der Waals surface area (Å²) < 4.78 is 5.93. The van der Waals surface area contributed by atoms with Crippen molar-refractivity contribution in [2.45, 2.75) is 0 Å². The first-order chi connectivity index (χ1) is 11.2. The molecule has 1 N–H and O–H groups in total. The Morgan fingerprint density at radius 3 is 2.52 bits per heavy atom. The predicted molar refractivity (Wildman–Crippen MR) is 93.5 cm³/mol. The highest BCUT2D eigenvalue weighted by Gasteiger charge is 2.10. The van der Waals surface area contributed by atoms with Crippen LogP contribution < -0.4 is 4.74 Å². The van der Waals surface area contributed by atoms with E-state index in [1.165, 1.54) is 0 Å². The van der Waals surface area contributed by atoms with Crippen LogP contribution in [0, 0.1) is 0 Å². The fourth-order valence-electron chi connectivity index (χ4n) is 2.35. The van der Waals surface area contributed by atoms with Crippen LogP contribution in [-0.4, -0.2) is 42.1 Å². The van der Waals surface area contributed by atoms with E-state index in [0.29, 0.717) is 6.61 Å². The molecule has 3 rings (SSSR count). The molecule has 0 atom stereocenters. The molecule has 0 spiro atoms. The van der Waals surface area contributed by atoms with Crippen LogP contribution in [0.3, 0.4) is 0 Å². The number of nitrogens with one attached hydrogen (secondary N) is 1. The summed E-state index contributed by atoms with van der Waals surface area (Å²) in [5, 5.41) is 0. The largest absolute Gasteiger partial charge is 0.492 e. The van der Waals surface area contributed by atoms with E-state index < -0.39 is 0 Å². The molecule has 0 bridgehead atoms. The third-order valence-corrected chi connectivity index (χ3v) is 3.60. The second-order valence-corrected chi connectivity index (χ2v) is 5.66. The number of rotatable bonds is 6. The second-order valence-electron chi connectivity index (χ2n) is 5.66. The van der Waals surface area contributed by atoms with Gasteiger partial charge in [-0.3, -0.25) is 0 Å². The number of para-hydroxylation sites is 1. The summed E-state index contributed by atoms with van der Waals surface area (Å²) in [5.74, 6) is 1.74. The Bertz CT molecular complexity index is 750. The molecule has 0 aliphatic carbocycles. The Morgan fingerprint density at radius 1 is 1.00 bits per heavy atom. The van der Waals surface area contributed by atoms with Crippen molar-refractivity contribution in [3.63, 3.8) is 0 Å². The van der Waals surface area contributed by atoms with Gasteiger partial charge >= 0.3 is 0 Å². The first-order valence-corrected chi connectivity index (χ1v) is 7.71. The minimum Gasteiger partial charge on any atom is -0.492 e. The Morgan fingerprint density at radius 2 is 1.74 bits per heavy atom. The summed E-state index contributed by atoms with van der Waals surface area (Å²) in [4.78, 5) is 9.98. The van der Waals surface area contributed by atoms with Gasteiger partial charge in [-0.05, 0) is 26.2 Å². The van der Waals surface area contributed by atoms with Crippen LogP contribution in [0.25, 0.3) is 22.6 Å². The number of imidazole rings is 1. The van der Waals surface area contributed by atoms with E-state index in [2.05, 4.69) is 14.9 Å². The number of aromatic nitrogens is 2. The topological polar surface area (TPSA) is 41.1 Å². The van der Waals surface area contributed by atoms with E-state index in [4.69, 9.17) is 4.74 Å². The molecule has 0 saturated heterocycles. The van der Waals surface area contributed by atoms with Crippen LogP contribution in [0.15, 0.2) is 60.8 Å². The van der Waals surface area contributed by atoms with Crippen molar-refractivity contribution < 1.29 is 4.74 Å². The first-order valence-electron chi connectivity index (χ1n) is 7.71. The highest BCUT2D eigenvalue weighted by molar-refractivity contribution is 5.69. The van der Waals surface area contributed by atoms with Crippen LogP contribution in [-0.2, 0) is 0 Å². The van der Waals surface area contributed by atoms with Crippen molar-refractivity contribution in [2.24, 2.45) is 0 Å². The first kappa shape index (κ1) is 15.3. The third kappa shape index (κ3) is 3.79. The zero-order valence-electron chi connectivity index (χ0n) is 13.5. The zero-order chi connectivity index (χ0) is 16.1. The molecular weight excluding hydrogens is 286 g/mol. The summed E-state index contributed by atoms with van der Waals surface area (Å²) in [5.41, 5.74) is 3.06. The molecule has 0 radical (unpaired) electrons. The molecule has 0 unspecified atom stereocenters. The Kier molecular flexibility index (Phi) is 4.74. The van der Waals surface area contributed by atoms with Crippen molar-refractivity contribution in [2.75, 3.05) is 27.2 Å². The molecular formula is C19H21N3O.